The van der Waals surface area contributed by atoms with Crippen LogP contribution in [0.5, 0.6) is 0 Å². The minimum atomic E-state index is 0.337. The first-order valence-electron chi connectivity index (χ1n) is 3.13. The zero-order chi connectivity index (χ0) is 6.97. The van der Waals surface area contributed by atoms with Crippen molar-refractivity contribution in [3.8, 4) is 0 Å². The number of nitrogens with zero attached hydrogens (tertiary/aromatic N) is 3. The Morgan fingerprint density at radius 2 is 2.50 bits per heavy atom. The highest BCUT2D eigenvalue weighted by atomic mass is 32.1. The molecule has 10 heavy (non-hydrogen) atoms. The summed E-state index contributed by atoms with van der Waals surface area (Å²) in [6.45, 7) is 1.85. The molecule has 2 N–H and O–H groups in total. The Bertz CT molecular complexity index is 203. The third-order valence-electron chi connectivity index (χ3n) is 1.53. The molecule has 1 saturated heterocycles. The van der Waals surface area contributed by atoms with Crippen molar-refractivity contribution < 1.29 is 0 Å². The summed E-state index contributed by atoms with van der Waals surface area (Å²) in [6.07, 6.45) is 0. The summed E-state index contributed by atoms with van der Waals surface area (Å²) < 4.78 is 0. The molecule has 5 heteroatoms. The number of rotatable bonds is 1. The van der Waals surface area contributed by atoms with Gasteiger partial charge in [0.05, 0.1) is 0 Å². The van der Waals surface area contributed by atoms with Crippen molar-refractivity contribution in [2.75, 3.05) is 18.0 Å². The van der Waals surface area contributed by atoms with Gasteiger partial charge in [-0.2, -0.15) is 0 Å². The Hall–Kier alpha value is -0.680. The molecule has 1 aromatic rings. The van der Waals surface area contributed by atoms with E-state index in [1.54, 1.807) is 16.8 Å². The molecule has 0 radical (unpaired) electrons. The molecule has 0 bridgehead atoms. The fourth-order valence-corrected chi connectivity index (χ4v) is 1.55. The van der Waals surface area contributed by atoms with Crippen molar-refractivity contribution >= 4 is 16.5 Å². The topological polar surface area (TPSA) is 55.0 Å². The van der Waals surface area contributed by atoms with Crippen molar-refractivity contribution in [2.45, 2.75) is 6.04 Å². The summed E-state index contributed by atoms with van der Waals surface area (Å²) in [6, 6.07) is 0.337. The van der Waals surface area contributed by atoms with E-state index >= 15 is 0 Å². The van der Waals surface area contributed by atoms with Gasteiger partial charge in [0.2, 0.25) is 5.13 Å². The van der Waals surface area contributed by atoms with Gasteiger partial charge in [-0.1, -0.05) is 11.3 Å². The Morgan fingerprint density at radius 3 is 3.00 bits per heavy atom. The van der Waals surface area contributed by atoms with Gasteiger partial charge < -0.3 is 10.6 Å². The van der Waals surface area contributed by atoms with Gasteiger partial charge in [0.1, 0.15) is 5.51 Å². The van der Waals surface area contributed by atoms with E-state index in [0.717, 1.165) is 18.2 Å². The average Bonchev–Trinajstić information content (AvgIpc) is 2.31. The number of aromatic nitrogens is 2. The monoisotopic (exact) mass is 156 g/mol. The maximum atomic E-state index is 5.59. The lowest BCUT2D eigenvalue weighted by Gasteiger charge is -2.35. The third kappa shape index (κ3) is 0.871. The second kappa shape index (κ2) is 2.17. The third-order valence-corrected chi connectivity index (χ3v) is 2.28. The second-order valence-electron chi connectivity index (χ2n) is 2.39. The quantitative estimate of drug-likeness (QED) is 0.605. The van der Waals surface area contributed by atoms with E-state index in [1.165, 1.54) is 0 Å². The van der Waals surface area contributed by atoms with Crippen LogP contribution < -0.4 is 10.6 Å². The Morgan fingerprint density at radius 1 is 1.70 bits per heavy atom. The van der Waals surface area contributed by atoms with E-state index in [4.69, 9.17) is 5.73 Å². The van der Waals surface area contributed by atoms with Crippen molar-refractivity contribution in [1.29, 1.82) is 0 Å². The molecule has 0 unspecified atom stereocenters. The van der Waals surface area contributed by atoms with Crippen molar-refractivity contribution in [3.05, 3.63) is 5.51 Å². The molecular formula is C5H8N4S. The molecule has 0 aromatic carbocycles. The molecule has 2 heterocycles. The minimum Gasteiger partial charge on any atom is -0.343 e. The minimum absolute atomic E-state index is 0.337. The molecule has 54 valence electrons. The zero-order valence-corrected chi connectivity index (χ0v) is 6.21. The molecule has 0 aliphatic carbocycles. The molecule has 1 aliphatic heterocycles. The molecule has 0 amide bonds. The SMILES string of the molecule is NC1CN(c2nncs2)C1. The highest BCUT2D eigenvalue weighted by Crippen LogP contribution is 2.20. The lowest BCUT2D eigenvalue weighted by molar-refractivity contribution is 0.517. The molecule has 4 nitrogen and oxygen atoms in total. The summed E-state index contributed by atoms with van der Waals surface area (Å²) >= 11 is 1.56. The normalized spacial score (nSPS) is 19.1. The summed E-state index contributed by atoms with van der Waals surface area (Å²) in [4.78, 5) is 2.13. The van der Waals surface area contributed by atoms with Crippen LogP contribution >= 0.6 is 11.3 Å². The fourth-order valence-electron chi connectivity index (χ4n) is 0.974. The van der Waals surface area contributed by atoms with E-state index in [-0.39, 0.29) is 0 Å². The Labute approximate surface area is 62.7 Å². The van der Waals surface area contributed by atoms with Crippen LogP contribution in [0.25, 0.3) is 0 Å². The number of nitrogens with two attached hydrogens (primary N) is 1. The maximum Gasteiger partial charge on any atom is 0.208 e. The van der Waals surface area contributed by atoms with E-state index < -0.39 is 0 Å². The van der Waals surface area contributed by atoms with Gasteiger partial charge in [-0.15, -0.1) is 10.2 Å². The number of hydrogen-bond donors (Lipinski definition) is 1. The van der Waals surface area contributed by atoms with E-state index in [1.807, 2.05) is 0 Å². The Kier molecular flexibility index (Phi) is 1.32. The molecule has 0 saturated carbocycles. The van der Waals surface area contributed by atoms with E-state index in [2.05, 4.69) is 15.1 Å². The number of anilines is 1. The number of hydrogen-bond acceptors (Lipinski definition) is 5. The fraction of sp³-hybridized carbons (Fsp3) is 0.600. The maximum absolute atomic E-state index is 5.59. The van der Waals surface area contributed by atoms with Crippen molar-refractivity contribution in [2.24, 2.45) is 5.73 Å². The lowest BCUT2D eigenvalue weighted by atomic mass is 10.1. The van der Waals surface area contributed by atoms with Crippen LogP contribution in [0.2, 0.25) is 0 Å². The molecule has 1 aromatic heterocycles. The summed E-state index contributed by atoms with van der Waals surface area (Å²) in [5.74, 6) is 0. The predicted octanol–water partition coefficient (Wildman–Crippen LogP) is -0.315. The van der Waals surface area contributed by atoms with E-state index in [0.29, 0.717) is 6.04 Å². The zero-order valence-electron chi connectivity index (χ0n) is 5.40. The van der Waals surface area contributed by atoms with Crippen LogP contribution in [-0.2, 0) is 0 Å². The standard InChI is InChI=1S/C5H8N4S/c6-4-1-9(2-4)5-8-7-3-10-5/h3-4H,1-2,6H2. The molecule has 2 rings (SSSR count). The highest BCUT2D eigenvalue weighted by molar-refractivity contribution is 7.13. The van der Waals surface area contributed by atoms with Crippen LogP contribution in [0.1, 0.15) is 0 Å². The van der Waals surface area contributed by atoms with Gasteiger partial charge >= 0.3 is 0 Å². The first-order chi connectivity index (χ1) is 4.86. The molecule has 0 atom stereocenters. The van der Waals surface area contributed by atoms with Crippen LogP contribution in [0.4, 0.5) is 5.13 Å². The van der Waals surface area contributed by atoms with Crippen LogP contribution in [-0.4, -0.2) is 29.3 Å². The lowest BCUT2D eigenvalue weighted by Crippen LogP contribution is -2.55. The van der Waals surface area contributed by atoms with Crippen LogP contribution in [0.3, 0.4) is 0 Å². The average molecular weight is 156 g/mol. The van der Waals surface area contributed by atoms with Crippen LogP contribution in [0, 0.1) is 0 Å². The molecule has 0 spiro atoms. The van der Waals surface area contributed by atoms with Gasteiger partial charge in [0, 0.05) is 19.1 Å². The summed E-state index contributed by atoms with van der Waals surface area (Å²) in [7, 11) is 0. The van der Waals surface area contributed by atoms with Gasteiger partial charge in [-0.05, 0) is 0 Å². The van der Waals surface area contributed by atoms with Gasteiger partial charge in [0.25, 0.3) is 0 Å². The summed E-state index contributed by atoms with van der Waals surface area (Å²) in [5, 5.41) is 8.64. The first kappa shape index (κ1) is 6.06. The van der Waals surface area contributed by atoms with Gasteiger partial charge in [0.15, 0.2) is 0 Å². The highest BCUT2D eigenvalue weighted by Gasteiger charge is 2.24. The predicted molar refractivity (Wildman–Crippen MR) is 40.1 cm³/mol. The molecular weight excluding hydrogens is 148 g/mol. The van der Waals surface area contributed by atoms with Gasteiger partial charge in [-0.3, -0.25) is 0 Å². The van der Waals surface area contributed by atoms with Crippen molar-refractivity contribution in [1.82, 2.24) is 10.2 Å². The smallest absolute Gasteiger partial charge is 0.208 e. The van der Waals surface area contributed by atoms with Crippen LogP contribution in [0.15, 0.2) is 5.51 Å². The second-order valence-corrected chi connectivity index (χ2v) is 3.20. The Balaban J connectivity index is 2.04. The van der Waals surface area contributed by atoms with Crippen molar-refractivity contribution in [3.63, 3.8) is 0 Å². The first-order valence-corrected chi connectivity index (χ1v) is 4.01. The summed E-state index contributed by atoms with van der Waals surface area (Å²) in [5.41, 5.74) is 7.33. The molecule has 1 fully saturated rings. The van der Waals surface area contributed by atoms with E-state index in [9.17, 15) is 0 Å². The van der Waals surface area contributed by atoms with Gasteiger partial charge in [-0.25, -0.2) is 0 Å². The molecule has 1 aliphatic rings. The largest absolute Gasteiger partial charge is 0.343 e.